The highest BCUT2D eigenvalue weighted by Crippen LogP contribution is 2.37. The largest absolute Gasteiger partial charge is 0.505 e. The molecular formula is C12H17NO5S. The van der Waals surface area contributed by atoms with E-state index in [-0.39, 0.29) is 11.3 Å². The van der Waals surface area contributed by atoms with Crippen LogP contribution in [0.15, 0.2) is 18.2 Å². The molecule has 0 radical (unpaired) electrons. The lowest BCUT2D eigenvalue weighted by Crippen LogP contribution is -2.36. The Labute approximate surface area is 112 Å². The van der Waals surface area contributed by atoms with Crippen LogP contribution < -0.4 is 4.90 Å². The molecule has 0 aliphatic carbocycles. The maximum Gasteiger partial charge on any atom is 0.271 e. The number of para-hydroxylation sites is 1. The lowest BCUT2D eigenvalue weighted by Gasteiger charge is -2.30. The summed E-state index contributed by atoms with van der Waals surface area (Å²) in [6, 6.07) is 4.89. The van der Waals surface area contributed by atoms with Crippen LogP contribution in [0.2, 0.25) is 0 Å². The van der Waals surface area contributed by atoms with Crippen LogP contribution in [0.25, 0.3) is 0 Å². The molecule has 2 N–H and O–H groups in total. The van der Waals surface area contributed by atoms with Gasteiger partial charge in [0.25, 0.3) is 10.1 Å². The second kappa shape index (κ2) is 5.36. The average Bonchev–Trinajstić information content (AvgIpc) is 2.38. The van der Waals surface area contributed by atoms with Crippen molar-refractivity contribution in [3.63, 3.8) is 0 Å². The number of benzene rings is 1. The molecule has 19 heavy (non-hydrogen) atoms. The molecule has 106 valence electrons. The van der Waals surface area contributed by atoms with E-state index < -0.39 is 15.4 Å². The Kier molecular flexibility index (Phi) is 3.98. The van der Waals surface area contributed by atoms with E-state index in [0.29, 0.717) is 32.0 Å². The average molecular weight is 287 g/mol. The highest BCUT2D eigenvalue weighted by Gasteiger charge is 2.25. The van der Waals surface area contributed by atoms with Crippen LogP contribution >= 0.6 is 0 Å². The van der Waals surface area contributed by atoms with Gasteiger partial charge in [0.05, 0.1) is 18.9 Å². The minimum atomic E-state index is -4.23. The van der Waals surface area contributed by atoms with Gasteiger partial charge in [-0.3, -0.25) is 4.55 Å². The van der Waals surface area contributed by atoms with E-state index >= 15 is 0 Å². The van der Waals surface area contributed by atoms with Crippen molar-refractivity contribution in [1.29, 1.82) is 0 Å². The summed E-state index contributed by atoms with van der Waals surface area (Å²) in [6.07, 6.45) is 0. The third kappa shape index (κ3) is 2.99. The van der Waals surface area contributed by atoms with Crippen LogP contribution in [0.4, 0.5) is 5.69 Å². The second-order valence-electron chi connectivity index (χ2n) is 4.47. The van der Waals surface area contributed by atoms with Gasteiger partial charge in [-0.25, -0.2) is 0 Å². The van der Waals surface area contributed by atoms with Gasteiger partial charge in [0.1, 0.15) is 11.0 Å². The molecule has 2 rings (SSSR count). The highest BCUT2D eigenvalue weighted by atomic mass is 32.2. The summed E-state index contributed by atoms with van der Waals surface area (Å²) in [6.45, 7) is 3.75. The Hall–Kier alpha value is -1.31. The molecule has 1 aromatic rings. The summed E-state index contributed by atoms with van der Waals surface area (Å²) >= 11 is 0. The van der Waals surface area contributed by atoms with Gasteiger partial charge in [0, 0.05) is 18.7 Å². The summed E-state index contributed by atoms with van der Waals surface area (Å²) in [5.41, 5.74) is 0.766. The topological polar surface area (TPSA) is 87.1 Å². The lowest BCUT2D eigenvalue weighted by molar-refractivity contribution is 0.122. The maximum absolute atomic E-state index is 11.2. The van der Waals surface area contributed by atoms with E-state index in [2.05, 4.69) is 0 Å². The van der Waals surface area contributed by atoms with Crippen molar-refractivity contribution in [2.24, 2.45) is 0 Å². The Morgan fingerprint density at radius 1 is 1.32 bits per heavy atom. The minimum absolute atomic E-state index is 0.102. The smallest absolute Gasteiger partial charge is 0.271 e. The molecule has 0 bridgehead atoms. The van der Waals surface area contributed by atoms with Crippen molar-refractivity contribution < 1.29 is 22.8 Å². The van der Waals surface area contributed by atoms with E-state index in [9.17, 15) is 13.5 Å². The van der Waals surface area contributed by atoms with Crippen LogP contribution in [0.1, 0.15) is 17.7 Å². The lowest BCUT2D eigenvalue weighted by atomic mass is 10.1. The molecule has 1 heterocycles. The molecule has 7 heteroatoms. The summed E-state index contributed by atoms with van der Waals surface area (Å²) in [7, 11) is -4.23. The monoisotopic (exact) mass is 287 g/mol. The molecule has 1 aliphatic heterocycles. The quantitative estimate of drug-likeness (QED) is 0.812. The normalized spacial score (nSPS) is 18.3. The molecule has 0 amide bonds. The first-order valence-electron chi connectivity index (χ1n) is 6.02. The Bertz CT molecular complexity index is 551. The minimum Gasteiger partial charge on any atom is -0.505 e. The first-order valence-corrected chi connectivity index (χ1v) is 7.52. The highest BCUT2D eigenvalue weighted by molar-refractivity contribution is 7.86. The first-order chi connectivity index (χ1) is 8.91. The number of nitrogens with zero attached hydrogens (tertiary/aromatic N) is 1. The van der Waals surface area contributed by atoms with E-state index in [0.717, 1.165) is 0 Å². The molecule has 1 atom stereocenters. The number of anilines is 1. The number of phenols is 1. The Morgan fingerprint density at radius 3 is 2.53 bits per heavy atom. The van der Waals surface area contributed by atoms with Crippen molar-refractivity contribution >= 4 is 15.8 Å². The molecule has 1 aromatic carbocycles. The van der Waals surface area contributed by atoms with Crippen LogP contribution in [0.5, 0.6) is 5.75 Å². The molecule has 6 nitrogen and oxygen atoms in total. The van der Waals surface area contributed by atoms with E-state index in [1.54, 1.807) is 12.1 Å². The first kappa shape index (κ1) is 14.1. The Morgan fingerprint density at radius 2 is 1.95 bits per heavy atom. The van der Waals surface area contributed by atoms with E-state index in [1.807, 2.05) is 4.90 Å². The van der Waals surface area contributed by atoms with Crippen molar-refractivity contribution in [1.82, 2.24) is 0 Å². The number of ether oxygens (including phenoxy) is 1. The van der Waals surface area contributed by atoms with Gasteiger partial charge in [-0.05, 0) is 13.0 Å². The van der Waals surface area contributed by atoms with Gasteiger partial charge >= 0.3 is 0 Å². The van der Waals surface area contributed by atoms with Gasteiger partial charge in [0.15, 0.2) is 0 Å². The number of hydrogen-bond donors (Lipinski definition) is 2. The zero-order chi connectivity index (χ0) is 14.0. The SMILES string of the molecule is CC(c1cccc(N2CCOCC2)c1O)S(=O)(=O)O. The fraction of sp³-hybridized carbons (Fsp3) is 0.500. The molecule has 1 saturated heterocycles. The van der Waals surface area contributed by atoms with Crippen molar-refractivity contribution in [3.8, 4) is 5.75 Å². The van der Waals surface area contributed by atoms with Crippen molar-refractivity contribution in [2.45, 2.75) is 12.2 Å². The molecule has 1 fully saturated rings. The zero-order valence-electron chi connectivity index (χ0n) is 10.6. The van der Waals surface area contributed by atoms with Gasteiger partial charge in [-0.1, -0.05) is 12.1 Å². The molecule has 0 spiro atoms. The molecule has 0 aromatic heterocycles. The molecule has 1 unspecified atom stereocenters. The number of morpholine rings is 1. The molecule has 1 aliphatic rings. The number of phenolic OH excluding ortho intramolecular Hbond substituents is 1. The summed E-state index contributed by atoms with van der Waals surface area (Å²) in [5, 5.41) is 9.06. The van der Waals surface area contributed by atoms with Crippen LogP contribution in [0, 0.1) is 0 Å². The second-order valence-corrected chi connectivity index (χ2v) is 6.21. The van der Waals surface area contributed by atoms with Crippen LogP contribution in [-0.4, -0.2) is 44.4 Å². The standard InChI is InChI=1S/C12H17NO5S/c1-9(19(15,16)17)10-3-2-4-11(12(10)14)13-5-7-18-8-6-13/h2-4,9,14H,5-8H2,1H3,(H,15,16,17). The van der Waals surface area contributed by atoms with Gasteiger partial charge in [-0.2, -0.15) is 8.42 Å². The van der Waals surface area contributed by atoms with Crippen molar-refractivity contribution in [3.05, 3.63) is 23.8 Å². The Balaban J connectivity index is 2.37. The number of hydrogen-bond acceptors (Lipinski definition) is 5. The van der Waals surface area contributed by atoms with E-state index in [1.165, 1.54) is 13.0 Å². The molecule has 0 saturated carbocycles. The van der Waals surface area contributed by atoms with Crippen LogP contribution in [0.3, 0.4) is 0 Å². The third-order valence-corrected chi connectivity index (χ3v) is 4.43. The fourth-order valence-electron chi connectivity index (χ4n) is 2.10. The van der Waals surface area contributed by atoms with Gasteiger partial charge < -0.3 is 14.7 Å². The third-order valence-electron chi connectivity index (χ3n) is 3.28. The van der Waals surface area contributed by atoms with E-state index in [4.69, 9.17) is 9.29 Å². The van der Waals surface area contributed by atoms with Gasteiger partial charge in [0.2, 0.25) is 0 Å². The summed E-state index contributed by atoms with van der Waals surface area (Å²) in [4.78, 5) is 1.93. The van der Waals surface area contributed by atoms with Crippen LogP contribution in [-0.2, 0) is 14.9 Å². The zero-order valence-corrected chi connectivity index (χ0v) is 11.4. The number of rotatable bonds is 3. The van der Waals surface area contributed by atoms with Crippen molar-refractivity contribution in [2.75, 3.05) is 31.2 Å². The summed E-state index contributed by atoms with van der Waals surface area (Å²) < 4.78 is 36.7. The molecular weight excluding hydrogens is 270 g/mol. The fourth-order valence-corrected chi connectivity index (χ4v) is 2.61. The summed E-state index contributed by atoms with van der Waals surface area (Å²) in [5.74, 6) is -0.102. The number of aromatic hydroxyl groups is 1. The maximum atomic E-state index is 11.2. The predicted molar refractivity (Wildman–Crippen MR) is 71.1 cm³/mol. The van der Waals surface area contributed by atoms with Gasteiger partial charge in [-0.15, -0.1) is 0 Å². The predicted octanol–water partition coefficient (Wildman–Crippen LogP) is 1.18.